The second-order valence-corrected chi connectivity index (χ2v) is 5.08. The molecule has 5 nitrogen and oxygen atoms in total. The first-order chi connectivity index (χ1) is 9.66. The molecular formula is C15H16N4O. The van der Waals surface area contributed by atoms with Gasteiger partial charge in [-0.05, 0) is 37.5 Å². The fourth-order valence-electron chi connectivity index (χ4n) is 2.13. The van der Waals surface area contributed by atoms with Crippen LogP contribution in [0.3, 0.4) is 0 Å². The summed E-state index contributed by atoms with van der Waals surface area (Å²) in [6.45, 7) is 1.93. The average Bonchev–Trinajstić information content (AvgIpc) is 3.31. The first-order valence-corrected chi connectivity index (χ1v) is 6.69. The van der Waals surface area contributed by atoms with Crippen LogP contribution in [0, 0.1) is 6.92 Å². The maximum Gasteiger partial charge on any atom is 0.277 e. The van der Waals surface area contributed by atoms with Gasteiger partial charge >= 0.3 is 0 Å². The van der Waals surface area contributed by atoms with Crippen molar-refractivity contribution in [2.45, 2.75) is 25.7 Å². The zero-order chi connectivity index (χ0) is 14.1. The average molecular weight is 268 g/mol. The van der Waals surface area contributed by atoms with Crippen LogP contribution in [-0.2, 0) is 0 Å². The molecule has 1 amide bonds. The van der Waals surface area contributed by atoms with Crippen LogP contribution in [0.1, 0.15) is 40.6 Å². The fraction of sp³-hybridized carbons (Fsp3) is 0.333. The molecule has 1 aliphatic carbocycles. The first-order valence-electron chi connectivity index (χ1n) is 6.69. The number of carbonyl (C=O) groups is 1. The summed E-state index contributed by atoms with van der Waals surface area (Å²) in [5, 5.41) is 0. The second kappa shape index (κ2) is 5.00. The molecule has 2 heterocycles. The minimum absolute atomic E-state index is 0.156. The molecule has 1 aliphatic rings. The van der Waals surface area contributed by atoms with Crippen molar-refractivity contribution >= 4 is 11.7 Å². The minimum Gasteiger partial charge on any atom is -0.294 e. The van der Waals surface area contributed by atoms with E-state index in [1.165, 1.54) is 4.90 Å². The Morgan fingerprint density at radius 3 is 2.75 bits per heavy atom. The van der Waals surface area contributed by atoms with Crippen molar-refractivity contribution < 1.29 is 4.79 Å². The summed E-state index contributed by atoms with van der Waals surface area (Å²) in [5.41, 5.74) is 1.38. The summed E-state index contributed by atoms with van der Waals surface area (Å²) in [4.78, 5) is 26.9. The topological polar surface area (TPSA) is 59.0 Å². The number of carbonyl (C=O) groups excluding carboxylic acids is 1. The SMILES string of the molecule is Cc1cccnc1N(C)C(=O)c1ccnc(C2CC2)n1. The zero-order valence-electron chi connectivity index (χ0n) is 11.6. The number of nitrogens with zero attached hydrogens (tertiary/aromatic N) is 4. The number of hydrogen-bond acceptors (Lipinski definition) is 4. The van der Waals surface area contributed by atoms with Crippen molar-refractivity contribution in [3.05, 3.63) is 47.7 Å². The largest absolute Gasteiger partial charge is 0.294 e. The van der Waals surface area contributed by atoms with Crippen LogP contribution in [0.4, 0.5) is 5.82 Å². The normalized spacial score (nSPS) is 14.1. The molecule has 0 aromatic carbocycles. The van der Waals surface area contributed by atoms with Gasteiger partial charge in [-0.1, -0.05) is 6.07 Å². The smallest absolute Gasteiger partial charge is 0.277 e. The van der Waals surface area contributed by atoms with Crippen LogP contribution in [0.25, 0.3) is 0 Å². The monoisotopic (exact) mass is 268 g/mol. The van der Waals surface area contributed by atoms with Gasteiger partial charge in [-0.15, -0.1) is 0 Å². The van der Waals surface area contributed by atoms with Gasteiger partial charge in [-0.2, -0.15) is 0 Å². The van der Waals surface area contributed by atoms with E-state index in [0.29, 0.717) is 17.4 Å². The van der Waals surface area contributed by atoms with E-state index in [2.05, 4.69) is 15.0 Å². The van der Waals surface area contributed by atoms with Gasteiger partial charge in [0.25, 0.3) is 5.91 Å². The maximum absolute atomic E-state index is 12.5. The third-order valence-electron chi connectivity index (χ3n) is 3.44. The van der Waals surface area contributed by atoms with Crippen molar-refractivity contribution in [3.8, 4) is 0 Å². The predicted octanol–water partition coefficient (Wildman–Crippen LogP) is 2.33. The lowest BCUT2D eigenvalue weighted by molar-refractivity contribution is 0.0987. The lowest BCUT2D eigenvalue weighted by Gasteiger charge is -2.17. The highest BCUT2D eigenvalue weighted by Gasteiger charge is 2.27. The molecule has 0 aliphatic heterocycles. The first kappa shape index (κ1) is 12.7. The van der Waals surface area contributed by atoms with Gasteiger partial charge in [-0.3, -0.25) is 9.69 Å². The Balaban J connectivity index is 1.88. The molecule has 2 aromatic heterocycles. The number of rotatable bonds is 3. The summed E-state index contributed by atoms with van der Waals surface area (Å²) in [7, 11) is 1.72. The van der Waals surface area contributed by atoms with Crippen molar-refractivity contribution in [3.63, 3.8) is 0 Å². The molecule has 0 radical (unpaired) electrons. The van der Waals surface area contributed by atoms with E-state index in [1.807, 2.05) is 19.1 Å². The molecule has 0 atom stereocenters. The number of anilines is 1. The molecule has 5 heteroatoms. The molecule has 20 heavy (non-hydrogen) atoms. The lowest BCUT2D eigenvalue weighted by Crippen LogP contribution is -2.28. The summed E-state index contributed by atoms with van der Waals surface area (Å²) in [6, 6.07) is 5.44. The molecule has 0 unspecified atom stereocenters. The van der Waals surface area contributed by atoms with E-state index in [1.54, 1.807) is 25.5 Å². The van der Waals surface area contributed by atoms with Gasteiger partial charge in [0.15, 0.2) is 0 Å². The van der Waals surface area contributed by atoms with Gasteiger partial charge < -0.3 is 0 Å². The second-order valence-electron chi connectivity index (χ2n) is 5.08. The Morgan fingerprint density at radius 1 is 1.25 bits per heavy atom. The predicted molar refractivity (Wildman–Crippen MR) is 75.7 cm³/mol. The molecule has 102 valence electrons. The highest BCUT2D eigenvalue weighted by atomic mass is 16.2. The third-order valence-corrected chi connectivity index (χ3v) is 3.44. The highest BCUT2D eigenvalue weighted by molar-refractivity contribution is 6.04. The fourth-order valence-corrected chi connectivity index (χ4v) is 2.13. The maximum atomic E-state index is 12.5. The van der Waals surface area contributed by atoms with Crippen LogP contribution in [0.5, 0.6) is 0 Å². The number of amides is 1. The molecule has 2 aromatic rings. The van der Waals surface area contributed by atoms with E-state index in [-0.39, 0.29) is 5.91 Å². The molecule has 3 rings (SSSR count). The number of aryl methyl sites for hydroxylation is 1. The van der Waals surface area contributed by atoms with Gasteiger partial charge in [-0.25, -0.2) is 15.0 Å². The van der Waals surface area contributed by atoms with E-state index in [0.717, 1.165) is 24.2 Å². The van der Waals surface area contributed by atoms with Crippen LogP contribution in [-0.4, -0.2) is 27.9 Å². The van der Waals surface area contributed by atoms with Gasteiger partial charge in [0.1, 0.15) is 17.3 Å². The van der Waals surface area contributed by atoms with Gasteiger partial charge in [0.05, 0.1) is 0 Å². The van der Waals surface area contributed by atoms with Crippen molar-refractivity contribution in [2.75, 3.05) is 11.9 Å². The van der Waals surface area contributed by atoms with E-state index >= 15 is 0 Å². The molecule has 1 saturated carbocycles. The highest BCUT2D eigenvalue weighted by Crippen LogP contribution is 2.37. The summed E-state index contributed by atoms with van der Waals surface area (Å²) in [6.07, 6.45) is 5.58. The summed E-state index contributed by atoms with van der Waals surface area (Å²) < 4.78 is 0. The van der Waals surface area contributed by atoms with Crippen LogP contribution in [0.15, 0.2) is 30.6 Å². The molecule has 0 saturated heterocycles. The Kier molecular flexibility index (Phi) is 3.18. The molecule has 0 spiro atoms. The van der Waals surface area contributed by atoms with E-state index in [9.17, 15) is 4.79 Å². The van der Waals surface area contributed by atoms with Crippen molar-refractivity contribution in [2.24, 2.45) is 0 Å². The van der Waals surface area contributed by atoms with Crippen LogP contribution in [0.2, 0.25) is 0 Å². The lowest BCUT2D eigenvalue weighted by atomic mass is 10.2. The van der Waals surface area contributed by atoms with Crippen molar-refractivity contribution in [1.29, 1.82) is 0 Å². The Morgan fingerprint density at radius 2 is 2.05 bits per heavy atom. The summed E-state index contributed by atoms with van der Waals surface area (Å²) >= 11 is 0. The number of pyridine rings is 1. The third kappa shape index (κ3) is 2.39. The zero-order valence-corrected chi connectivity index (χ0v) is 11.6. The molecule has 0 bridgehead atoms. The van der Waals surface area contributed by atoms with Gasteiger partial charge in [0.2, 0.25) is 0 Å². The van der Waals surface area contributed by atoms with E-state index in [4.69, 9.17) is 0 Å². The molecular weight excluding hydrogens is 252 g/mol. The summed E-state index contributed by atoms with van der Waals surface area (Å²) in [5.74, 6) is 1.71. The van der Waals surface area contributed by atoms with Crippen LogP contribution < -0.4 is 4.90 Å². The quantitative estimate of drug-likeness (QED) is 0.857. The standard InChI is InChI=1S/C15H16N4O/c1-10-4-3-8-17-14(10)19(2)15(20)12-7-9-16-13(18-12)11-5-6-11/h3-4,7-9,11H,5-6H2,1-2H3. The number of hydrogen-bond donors (Lipinski definition) is 0. The Hall–Kier alpha value is -2.30. The van der Waals surface area contributed by atoms with Gasteiger partial charge in [0, 0.05) is 25.4 Å². The van der Waals surface area contributed by atoms with Crippen LogP contribution >= 0.6 is 0 Å². The number of aromatic nitrogens is 3. The Bertz CT molecular complexity index is 652. The minimum atomic E-state index is -0.156. The molecule has 1 fully saturated rings. The van der Waals surface area contributed by atoms with Crippen molar-refractivity contribution in [1.82, 2.24) is 15.0 Å². The Labute approximate surface area is 117 Å². The van der Waals surface area contributed by atoms with E-state index < -0.39 is 0 Å². The molecule has 0 N–H and O–H groups in total.